The molecule has 0 aromatic rings. The molecule has 0 aliphatic heterocycles. The van der Waals surface area contributed by atoms with Gasteiger partial charge < -0.3 is 14.8 Å². The maximum absolute atomic E-state index is 5.43. The molecular weight excluding hydrogens is 190 g/mol. The summed E-state index contributed by atoms with van der Waals surface area (Å²) >= 11 is 0. The Hall–Kier alpha value is -0.120. The second-order valence-electron chi connectivity index (χ2n) is 4.52. The van der Waals surface area contributed by atoms with Gasteiger partial charge in [0.15, 0.2) is 0 Å². The van der Waals surface area contributed by atoms with Gasteiger partial charge in [0.05, 0.1) is 25.9 Å². The van der Waals surface area contributed by atoms with Gasteiger partial charge in [-0.3, -0.25) is 0 Å². The van der Waals surface area contributed by atoms with Gasteiger partial charge in [-0.05, 0) is 26.7 Å². The van der Waals surface area contributed by atoms with Crippen LogP contribution in [-0.2, 0) is 9.47 Å². The van der Waals surface area contributed by atoms with Gasteiger partial charge in [0.1, 0.15) is 0 Å². The van der Waals surface area contributed by atoms with Crippen LogP contribution in [0.15, 0.2) is 0 Å². The molecule has 0 rings (SSSR count). The SMILES string of the molecule is CC(C)OCCOCCNC(C)C(C)C. The van der Waals surface area contributed by atoms with Gasteiger partial charge in [0.2, 0.25) is 0 Å². The summed E-state index contributed by atoms with van der Waals surface area (Å²) in [6.45, 7) is 13.8. The molecule has 0 fully saturated rings. The van der Waals surface area contributed by atoms with Gasteiger partial charge >= 0.3 is 0 Å². The molecule has 3 heteroatoms. The summed E-state index contributed by atoms with van der Waals surface area (Å²) in [5.74, 6) is 0.675. The average Bonchev–Trinajstić information content (AvgIpc) is 2.15. The molecule has 3 nitrogen and oxygen atoms in total. The molecule has 0 saturated heterocycles. The predicted octanol–water partition coefficient (Wildman–Crippen LogP) is 2.06. The first-order valence-electron chi connectivity index (χ1n) is 5.96. The smallest absolute Gasteiger partial charge is 0.0703 e. The molecule has 0 aromatic carbocycles. The van der Waals surface area contributed by atoms with Crippen LogP contribution in [0.25, 0.3) is 0 Å². The first kappa shape index (κ1) is 14.9. The van der Waals surface area contributed by atoms with Crippen LogP contribution in [0.3, 0.4) is 0 Å². The summed E-state index contributed by atoms with van der Waals surface area (Å²) < 4.78 is 10.8. The lowest BCUT2D eigenvalue weighted by molar-refractivity contribution is 0.0199. The first-order valence-corrected chi connectivity index (χ1v) is 5.96. The van der Waals surface area contributed by atoms with E-state index in [0.717, 1.165) is 13.2 Å². The summed E-state index contributed by atoms with van der Waals surface area (Å²) in [6.07, 6.45) is 0.299. The third-order valence-corrected chi connectivity index (χ3v) is 2.39. The van der Waals surface area contributed by atoms with Crippen molar-refractivity contribution < 1.29 is 9.47 Å². The van der Waals surface area contributed by atoms with E-state index in [1.54, 1.807) is 0 Å². The maximum atomic E-state index is 5.43. The number of hydrogen-bond acceptors (Lipinski definition) is 3. The second kappa shape index (κ2) is 9.13. The van der Waals surface area contributed by atoms with Crippen molar-refractivity contribution in [3.05, 3.63) is 0 Å². The van der Waals surface area contributed by atoms with Crippen molar-refractivity contribution in [3.8, 4) is 0 Å². The highest BCUT2D eigenvalue weighted by Gasteiger charge is 2.04. The minimum absolute atomic E-state index is 0.299. The topological polar surface area (TPSA) is 30.5 Å². The number of rotatable bonds is 9. The Morgan fingerprint density at radius 1 is 0.933 bits per heavy atom. The summed E-state index contributed by atoms with van der Waals surface area (Å²) in [5.41, 5.74) is 0. The third kappa shape index (κ3) is 10.2. The Morgan fingerprint density at radius 3 is 2.13 bits per heavy atom. The van der Waals surface area contributed by atoms with E-state index in [1.165, 1.54) is 0 Å². The highest BCUT2D eigenvalue weighted by atomic mass is 16.5. The van der Waals surface area contributed by atoms with Gasteiger partial charge in [-0.1, -0.05) is 13.8 Å². The fraction of sp³-hybridized carbons (Fsp3) is 1.00. The van der Waals surface area contributed by atoms with Crippen LogP contribution in [-0.4, -0.2) is 38.5 Å². The standard InChI is InChI=1S/C12H27NO2/c1-10(2)12(5)13-6-7-14-8-9-15-11(3)4/h10-13H,6-9H2,1-5H3. The lowest BCUT2D eigenvalue weighted by Gasteiger charge is -2.17. The molecule has 0 aromatic heterocycles. The number of ether oxygens (including phenoxy) is 2. The largest absolute Gasteiger partial charge is 0.378 e. The molecule has 0 radical (unpaired) electrons. The normalized spacial score (nSPS) is 13.8. The summed E-state index contributed by atoms with van der Waals surface area (Å²) in [5, 5.41) is 3.42. The Bertz CT molecular complexity index is 138. The molecular formula is C12H27NO2. The quantitative estimate of drug-likeness (QED) is 0.600. The van der Waals surface area contributed by atoms with Crippen molar-refractivity contribution >= 4 is 0 Å². The fourth-order valence-electron chi connectivity index (χ4n) is 1.04. The van der Waals surface area contributed by atoms with Crippen LogP contribution in [0.5, 0.6) is 0 Å². The van der Waals surface area contributed by atoms with Crippen LogP contribution in [0.1, 0.15) is 34.6 Å². The molecule has 15 heavy (non-hydrogen) atoms. The Kier molecular flexibility index (Phi) is 9.06. The predicted molar refractivity (Wildman–Crippen MR) is 64.2 cm³/mol. The van der Waals surface area contributed by atoms with E-state index in [0.29, 0.717) is 31.3 Å². The molecule has 1 N–H and O–H groups in total. The Balaban J connectivity index is 3.11. The van der Waals surface area contributed by atoms with Crippen LogP contribution >= 0.6 is 0 Å². The van der Waals surface area contributed by atoms with Crippen molar-refractivity contribution in [3.63, 3.8) is 0 Å². The van der Waals surface area contributed by atoms with E-state index in [4.69, 9.17) is 9.47 Å². The van der Waals surface area contributed by atoms with Crippen molar-refractivity contribution in [1.29, 1.82) is 0 Å². The highest BCUT2D eigenvalue weighted by Crippen LogP contribution is 1.98. The molecule has 92 valence electrons. The molecule has 0 aliphatic carbocycles. The third-order valence-electron chi connectivity index (χ3n) is 2.39. The molecule has 0 amide bonds. The van der Waals surface area contributed by atoms with E-state index in [2.05, 4.69) is 26.1 Å². The van der Waals surface area contributed by atoms with Crippen LogP contribution in [0.2, 0.25) is 0 Å². The van der Waals surface area contributed by atoms with Gasteiger partial charge in [0, 0.05) is 12.6 Å². The van der Waals surface area contributed by atoms with E-state index >= 15 is 0 Å². The zero-order valence-corrected chi connectivity index (χ0v) is 10.9. The lowest BCUT2D eigenvalue weighted by atomic mass is 10.1. The van der Waals surface area contributed by atoms with E-state index in [9.17, 15) is 0 Å². The molecule has 0 heterocycles. The van der Waals surface area contributed by atoms with E-state index < -0.39 is 0 Å². The van der Waals surface area contributed by atoms with Crippen molar-refractivity contribution in [2.75, 3.05) is 26.4 Å². The summed E-state index contributed by atoms with van der Waals surface area (Å²) in [6, 6.07) is 0.556. The van der Waals surface area contributed by atoms with E-state index in [1.807, 2.05) is 13.8 Å². The number of nitrogens with one attached hydrogen (secondary N) is 1. The van der Waals surface area contributed by atoms with Gasteiger partial charge in [0.25, 0.3) is 0 Å². The molecule has 0 spiro atoms. The Labute approximate surface area is 94.5 Å². The van der Waals surface area contributed by atoms with Crippen molar-refractivity contribution in [2.45, 2.75) is 46.8 Å². The van der Waals surface area contributed by atoms with Crippen LogP contribution in [0.4, 0.5) is 0 Å². The summed E-state index contributed by atoms with van der Waals surface area (Å²) in [7, 11) is 0. The molecule has 1 unspecified atom stereocenters. The molecule has 1 atom stereocenters. The average molecular weight is 217 g/mol. The van der Waals surface area contributed by atoms with E-state index in [-0.39, 0.29) is 0 Å². The minimum Gasteiger partial charge on any atom is -0.378 e. The monoisotopic (exact) mass is 217 g/mol. The molecule has 0 aliphatic rings. The van der Waals surface area contributed by atoms with Crippen molar-refractivity contribution in [2.24, 2.45) is 5.92 Å². The Morgan fingerprint density at radius 2 is 1.60 bits per heavy atom. The fourth-order valence-corrected chi connectivity index (χ4v) is 1.04. The van der Waals surface area contributed by atoms with Gasteiger partial charge in [-0.25, -0.2) is 0 Å². The minimum atomic E-state index is 0.299. The zero-order chi connectivity index (χ0) is 11.7. The summed E-state index contributed by atoms with van der Waals surface area (Å²) in [4.78, 5) is 0. The van der Waals surface area contributed by atoms with Gasteiger partial charge in [-0.2, -0.15) is 0 Å². The molecule has 0 bridgehead atoms. The maximum Gasteiger partial charge on any atom is 0.0703 e. The second-order valence-corrected chi connectivity index (χ2v) is 4.52. The van der Waals surface area contributed by atoms with Crippen LogP contribution in [0, 0.1) is 5.92 Å². The van der Waals surface area contributed by atoms with Gasteiger partial charge in [-0.15, -0.1) is 0 Å². The van der Waals surface area contributed by atoms with Crippen LogP contribution < -0.4 is 5.32 Å². The molecule has 0 saturated carbocycles. The first-order chi connectivity index (χ1) is 7.04. The van der Waals surface area contributed by atoms with Crippen molar-refractivity contribution in [1.82, 2.24) is 5.32 Å². The zero-order valence-electron chi connectivity index (χ0n) is 10.9. The lowest BCUT2D eigenvalue weighted by Crippen LogP contribution is -2.33. The highest BCUT2D eigenvalue weighted by molar-refractivity contribution is 4.63. The number of hydrogen-bond donors (Lipinski definition) is 1.